The van der Waals surface area contributed by atoms with E-state index in [1.165, 1.54) is 36.1 Å². The van der Waals surface area contributed by atoms with Crippen molar-refractivity contribution in [3.8, 4) is 11.1 Å². The summed E-state index contributed by atoms with van der Waals surface area (Å²) in [5.41, 5.74) is 3.93. The number of benzene rings is 2. The SMILES string of the molecule is CNCCCNC1CCN(c2ccc(-c3ccccc3)cc2)CC1.Cl.Cl. The first-order valence-electron chi connectivity index (χ1n) is 9.15. The van der Waals surface area contributed by atoms with Gasteiger partial charge >= 0.3 is 0 Å². The lowest BCUT2D eigenvalue weighted by Gasteiger charge is -2.34. The third-order valence-corrected chi connectivity index (χ3v) is 4.87. The van der Waals surface area contributed by atoms with Crippen molar-refractivity contribution in [3.63, 3.8) is 0 Å². The van der Waals surface area contributed by atoms with Crippen LogP contribution < -0.4 is 15.5 Å². The number of halogens is 2. The Morgan fingerprint density at radius 2 is 1.46 bits per heavy atom. The number of nitrogens with zero attached hydrogens (tertiary/aromatic N) is 1. The smallest absolute Gasteiger partial charge is 0.0366 e. The molecule has 5 heteroatoms. The molecule has 1 heterocycles. The molecular weight excluding hydrogens is 365 g/mol. The van der Waals surface area contributed by atoms with Crippen molar-refractivity contribution in [3.05, 3.63) is 54.6 Å². The van der Waals surface area contributed by atoms with Crippen LogP contribution in [0.2, 0.25) is 0 Å². The number of nitrogens with one attached hydrogen (secondary N) is 2. The van der Waals surface area contributed by atoms with Crippen LogP contribution in [-0.4, -0.2) is 39.3 Å². The van der Waals surface area contributed by atoms with Crippen molar-refractivity contribution in [1.29, 1.82) is 0 Å². The summed E-state index contributed by atoms with van der Waals surface area (Å²) in [6, 6.07) is 20.3. The summed E-state index contributed by atoms with van der Waals surface area (Å²) < 4.78 is 0. The van der Waals surface area contributed by atoms with Crippen molar-refractivity contribution >= 4 is 30.5 Å². The maximum absolute atomic E-state index is 3.69. The van der Waals surface area contributed by atoms with Crippen molar-refractivity contribution in [1.82, 2.24) is 10.6 Å². The normalized spacial score (nSPS) is 14.4. The second-order valence-electron chi connectivity index (χ2n) is 6.59. The molecule has 26 heavy (non-hydrogen) atoms. The second kappa shape index (κ2) is 12.2. The molecule has 0 atom stereocenters. The zero-order valence-electron chi connectivity index (χ0n) is 15.5. The van der Waals surface area contributed by atoms with Crippen LogP contribution in [0.5, 0.6) is 0 Å². The van der Waals surface area contributed by atoms with Crippen LogP contribution in [0.15, 0.2) is 54.6 Å². The molecule has 144 valence electrons. The molecule has 0 unspecified atom stereocenters. The molecule has 0 radical (unpaired) electrons. The lowest BCUT2D eigenvalue weighted by atomic mass is 10.0. The van der Waals surface area contributed by atoms with E-state index in [1.807, 2.05) is 7.05 Å². The molecule has 2 aromatic rings. The van der Waals surface area contributed by atoms with Gasteiger partial charge in [0.15, 0.2) is 0 Å². The van der Waals surface area contributed by atoms with Gasteiger partial charge in [-0.05, 0) is 62.7 Å². The van der Waals surface area contributed by atoms with Gasteiger partial charge < -0.3 is 15.5 Å². The Morgan fingerprint density at radius 3 is 2.08 bits per heavy atom. The summed E-state index contributed by atoms with van der Waals surface area (Å²) in [7, 11) is 2.02. The van der Waals surface area contributed by atoms with E-state index in [1.54, 1.807) is 0 Å². The Balaban J connectivity index is 0.00000169. The van der Waals surface area contributed by atoms with Crippen molar-refractivity contribution < 1.29 is 0 Å². The molecule has 0 spiro atoms. The predicted octanol–water partition coefficient (Wildman–Crippen LogP) is 4.37. The summed E-state index contributed by atoms with van der Waals surface area (Å²) in [6.07, 6.45) is 3.68. The summed E-state index contributed by atoms with van der Waals surface area (Å²) in [4.78, 5) is 2.51. The molecule has 0 saturated carbocycles. The maximum atomic E-state index is 3.69. The molecule has 1 aliphatic heterocycles. The quantitative estimate of drug-likeness (QED) is 0.681. The minimum Gasteiger partial charge on any atom is -0.371 e. The minimum atomic E-state index is 0. The van der Waals surface area contributed by atoms with E-state index in [0.29, 0.717) is 6.04 Å². The van der Waals surface area contributed by atoms with E-state index in [2.05, 4.69) is 70.1 Å². The molecule has 1 aliphatic rings. The van der Waals surface area contributed by atoms with Gasteiger partial charge in [0.05, 0.1) is 0 Å². The van der Waals surface area contributed by atoms with Gasteiger partial charge in [-0.1, -0.05) is 42.5 Å². The van der Waals surface area contributed by atoms with Crippen LogP contribution in [0.25, 0.3) is 11.1 Å². The van der Waals surface area contributed by atoms with Crippen LogP contribution >= 0.6 is 24.8 Å². The zero-order chi connectivity index (χ0) is 16.6. The van der Waals surface area contributed by atoms with Gasteiger partial charge in [0, 0.05) is 24.8 Å². The highest BCUT2D eigenvalue weighted by molar-refractivity contribution is 5.85. The Bertz CT molecular complexity index is 596. The predicted molar refractivity (Wildman–Crippen MR) is 118 cm³/mol. The Hall–Kier alpha value is -1.26. The Labute approximate surface area is 170 Å². The standard InChI is InChI=1S/C21H29N3.2ClH/c1-22-14-5-15-23-20-12-16-24(17-13-20)21-10-8-19(9-11-21)18-6-3-2-4-7-18;;/h2-4,6-11,20,22-23H,5,12-17H2,1H3;2*1H. The average molecular weight is 396 g/mol. The van der Waals surface area contributed by atoms with Crippen molar-refractivity contribution in [2.75, 3.05) is 38.1 Å². The molecule has 2 aromatic carbocycles. The molecule has 1 fully saturated rings. The topological polar surface area (TPSA) is 27.3 Å². The molecular formula is C21H31Cl2N3. The van der Waals surface area contributed by atoms with Gasteiger partial charge in [0.2, 0.25) is 0 Å². The molecule has 0 aliphatic carbocycles. The lowest BCUT2D eigenvalue weighted by Crippen LogP contribution is -2.43. The maximum Gasteiger partial charge on any atom is 0.0366 e. The van der Waals surface area contributed by atoms with E-state index < -0.39 is 0 Å². The van der Waals surface area contributed by atoms with Gasteiger partial charge in [-0.2, -0.15) is 0 Å². The summed E-state index contributed by atoms with van der Waals surface area (Å²) >= 11 is 0. The van der Waals surface area contributed by atoms with Crippen LogP contribution in [0.3, 0.4) is 0 Å². The lowest BCUT2D eigenvalue weighted by molar-refractivity contribution is 0.412. The highest BCUT2D eigenvalue weighted by atomic mass is 35.5. The molecule has 1 saturated heterocycles. The second-order valence-corrected chi connectivity index (χ2v) is 6.59. The number of piperidine rings is 1. The van der Waals surface area contributed by atoms with Gasteiger partial charge in [-0.3, -0.25) is 0 Å². The van der Waals surface area contributed by atoms with E-state index in [-0.39, 0.29) is 24.8 Å². The molecule has 0 aromatic heterocycles. The van der Waals surface area contributed by atoms with Crippen LogP contribution in [-0.2, 0) is 0 Å². The Kier molecular flexibility index (Phi) is 10.7. The Morgan fingerprint density at radius 1 is 0.846 bits per heavy atom. The molecule has 0 bridgehead atoms. The third kappa shape index (κ3) is 6.48. The van der Waals surface area contributed by atoms with E-state index in [0.717, 1.165) is 26.2 Å². The molecule has 3 rings (SSSR count). The molecule has 2 N–H and O–H groups in total. The first kappa shape index (κ1) is 22.8. The number of hydrogen-bond donors (Lipinski definition) is 2. The van der Waals surface area contributed by atoms with E-state index in [9.17, 15) is 0 Å². The molecule has 0 amide bonds. The third-order valence-electron chi connectivity index (χ3n) is 4.87. The van der Waals surface area contributed by atoms with Crippen molar-refractivity contribution in [2.24, 2.45) is 0 Å². The highest BCUT2D eigenvalue weighted by Gasteiger charge is 2.18. The zero-order valence-corrected chi connectivity index (χ0v) is 17.1. The van der Waals surface area contributed by atoms with Gasteiger partial charge in [-0.15, -0.1) is 24.8 Å². The van der Waals surface area contributed by atoms with Crippen LogP contribution in [0, 0.1) is 0 Å². The summed E-state index contributed by atoms with van der Waals surface area (Å²) in [6.45, 7) is 4.51. The fourth-order valence-electron chi connectivity index (χ4n) is 3.41. The first-order valence-corrected chi connectivity index (χ1v) is 9.15. The average Bonchev–Trinajstić information content (AvgIpc) is 2.67. The molecule has 3 nitrogen and oxygen atoms in total. The fraction of sp³-hybridized carbons (Fsp3) is 0.429. The van der Waals surface area contributed by atoms with Crippen LogP contribution in [0.1, 0.15) is 19.3 Å². The first-order chi connectivity index (χ1) is 11.9. The summed E-state index contributed by atoms with van der Waals surface area (Å²) in [5.74, 6) is 0. The number of rotatable bonds is 7. The number of anilines is 1. The van der Waals surface area contributed by atoms with Crippen LogP contribution in [0.4, 0.5) is 5.69 Å². The number of hydrogen-bond acceptors (Lipinski definition) is 3. The highest BCUT2D eigenvalue weighted by Crippen LogP contribution is 2.25. The minimum absolute atomic E-state index is 0. The monoisotopic (exact) mass is 395 g/mol. The fourth-order valence-corrected chi connectivity index (χ4v) is 3.41. The van der Waals surface area contributed by atoms with Crippen molar-refractivity contribution in [2.45, 2.75) is 25.3 Å². The largest absolute Gasteiger partial charge is 0.371 e. The van der Waals surface area contributed by atoms with Gasteiger partial charge in [0.25, 0.3) is 0 Å². The summed E-state index contributed by atoms with van der Waals surface area (Å²) in [5, 5.41) is 6.89. The van der Waals surface area contributed by atoms with E-state index in [4.69, 9.17) is 0 Å². The van der Waals surface area contributed by atoms with E-state index >= 15 is 0 Å². The van der Waals surface area contributed by atoms with Gasteiger partial charge in [0.1, 0.15) is 0 Å². The van der Waals surface area contributed by atoms with Gasteiger partial charge in [-0.25, -0.2) is 0 Å².